The lowest BCUT2D eigenvalue weighted by Crippen LogP contribution is -2.30. The highest BCUT2D eigenvalue weighted by Crippen LogP contribution is 2.21. The fraction of sp³-hybridized carbons (Fsp3) is 0.136. The van der Waals surface area contributed by atoms with Gasteiger partial charge in [0, 0.05) is 17.6 Å². The lowest BCUT2D eigenvalue weighted by atomic mass is 10.2. The van der Waals surface area contributed by atoms with Gasteiger partial charge in [0.25, 0.3) is 5.91 Å². The first-order valence-electron chi connectivity index (χ1n) is 9.22. The van der Waals surface area contributed by atoms with Gasteiger partial charge in [-0.15, -0.1) is 0 Å². The van der Waals surface area contributed by atoms with Gasteiger partial charge in [0.2, 0.25) is 5.76 Å². The van der Waals surface area contributed by atoms with Gasteiger partial charge in [-0.1, -0.05) is 17.7 Å². The standard InChI is InChI=1S/C22H19N3O5/c1-14-5-7-15(8-6-14)24-11-3-4-16(24)12-18-20(26)25(22(28)23-18)13-17-9-10-19(30-17)21(27)29-2/h3-12H,13H2,1-2H3,(H,23,28). The van der Waals surface area contributed by atoms with Crippen molar-refractivity contribution < 1.29 is 23.5 Å². The lowest BCUT2D eigenvalue weighted by molar-refractivity contribution is -0.123. The summed E-state index contributed by atoms with van der Waals surface area (Å²) in [6.45, 7) is 1.91. The molecule has 152 valence electrons. The molecular formula is C22H19N3O5. The first kappa shape index (κ1) is 19.3. The Morgan fingerprint density at radius 2 is 1.90 bits per heavy atom. The molecule has 1 fully saturated rings. The summed E-state index contributed by atoms with van der Waals surface area (Å²) in [5.41, 5.74) is 2.99. The highest BCUT2D eigenvalue weighted by molar-refractivity contribution is 6.13. The monoisotopic (exact) mass is 405 g/mol. The molecule has 0 atom stereocenters. The zero-order valence-electron chi connectivity index (χ0n) is 16.4. The molecule has 1 aliphatic rings. The van der Waals surface area contributed by atoms with Gasteiger partial charge in [-0.05, 0) is 49.4 Å². The van der Waals surface area contributed by atoms with E-state index in [9.17, 15) is 14.4 Å². The summed E-state index contributed by atoms with van der Waals surface area (Å²) in [6, 6.07) is 14.1. The summed E-state index contributed by atoms with van der Waals surface area (Å²) in [5, 5.41) is 2.59. The van der Waals surface area contributed by atoms with E-state index in [2.05, 4.69) is 10.1 Å². The molecule has 0 aliphatic carbocycles. The quantitative estimate of drug-likeness (QED) is 0.400. The number of carbonyl (C=O) groups is 3. The minimum Gasteiger partial charge on any atom is -0.463 e. The molecule has 3 aromatic rings. The van der Waals surface area contributed by atoms with Crippen LogP contribution in [-0.4, -0.2) is 34.5 Å². The highest BCUT2D eigenvalue weighted by Gasteiger charge is 2.34. The largest absolute Gasteiger partial charge is 0.463 e. The second kappa shape index (κ2) is 7.75. The average molecular weight is 405 g/mol. The maximum Gasteiger partial charge on any atom is 0.373 e. The molecule has 3 amide bonds. The zero-order valence-corrected chi connectivity index (χ0v) is 16.4. The van der Waals surface area contributed by atoms with Crippen molar-refractivity contribution in [3.05, 3.63) is 83.2 Å². The SMILES string of the molecule is COC(=O)c1ccc(CN2C(=O)NC(=Cc3cccn3-c3ccc(C)cc3)C2=O)o1. The highest BCUT2D eigenvalue weighted by atomic mass is 16.5. The minimum atomic E-state index is -0.629. The zero-order chi connectivity index (χ0) is 21.3. The van der Waals surface area contributed by atoms with Gasteiger partial charge >= 0.3 is 12.0 Å². The molecule has 0 bridgehead atoms. The normalized spacial score (nSPS) is 15.0. The van der Waals surface area contributed by atoms with Crippen molar-refractivity contribution in [3.63, 3.8) is 0 Å². The van der Waals surface area contributed by atoms with Gasteiger partial charge < -0.3 is 19.0 Å². The Bertz CT molecular complexity index is 1150. The number of hydrogen-bond acceptors (Lipinski definition) is 5. The van der Waals surface area contributed by atoms with Crippen molar-refractivity contribution in [3.8, 4) is 5.69 Å². The number of esters is 1. The molecule has 8 heteroatoms. The predicted molar refractivity (Wildman–Crippen MR) is 108 cm³/mol. The Hall–Kier alpha value is -4.07. The van der Waals surface area contributed by atoms with Gasteiger partial charge in [-0.2, -0.15) is 0 Å². The molecule has 1 N–H and O–H groups in total. The van der Waals surface area contributed by atoms with Gasteiger partial charge in [-0.25, -0.2) is 9.59 Å². The maximum atomic E-state index is 12.8. The molecule has 1 aliphatic heterocycles. The van der Waals surface area contributed by atoms with Crippen LogP contribution in [0.4, 0.5) is 4.79 Å². The van der Waals surface area contributed by atoms with Crippen LogP contribution in [0, 0.1) is 6.92 Å². The van der Waals surface area contributed by atoms with Crippen LogP contribution in [-0.2, 0) is 16.1 Å². The van der Waals surface area contributed by atoms with E-state index in [1.54, 1.807) is 6.08 Å². The third-order valence-corrected chi connectivity index (χ3v) is 4.71. The number of rotatable bonds is 5. The molecule has 3 heterocycles. The average Bonchev–Trinajstić information content (AvgIpc) is 3.45. The van der Waals surface area contributed by atoms with E-state index in [0.29, 0.717) is 5.76 Å². The van der Waals surface area contributed by atoms with Gasteiger partial charge in [-0.3, -0.25) is 9.69 Å². The van der Waals surface area contributed by atoms with Crippen LogP contribution in [0.1, 0.15) is 27.6 Å². The van der Waals surface area contributed by atoms with Gasteiger partial charge in [0.1, 0.15) is 11.5 Å². The van der Waals surface area contributed by atoms with E-state index in [4.69, 9.17) is 4.42 Å². The second-order valence-corrected chi connectivity index (χ2v) is 6.78. The number of hydrogen-bond donors (Lipinski definition) is 1. The van der Waals surface area contributed by atoms with Crippen molar-refractivity contribution in [1.29, 1.82) is 0 Å². The van der Waals surface area contributed by atoms with E-state index < -0.39 is 17.9 Å². The van der Waals surface area contributed by atoms with Crippen LogP contribution >= 0.6 is 0 Å². The number of furan rings is 1. The van der Waals surface area contributed by atoms with E-state index >= 15 is 0 Å². The maximum absolute atomic E-state index is 12.8. The molecule has 1 aromatic carbocycles. The molecule has 30 heavy (non-hydrogen) atoms. The number of nitrogens with one attached hydrogen (secondary N) is 1. The van der Waals surface area contributed by atoms with Crippen molar-refractivity contribution in [1.82, 2.24) is 14.8 Å². The summed E-state index contributed by atoms with van der Waals surface area (Å²) in [4.78, 5) is 37.6. The van der Waals surface area contributed by atoms with Crippen molar-refractivity contribution >= 4 is 24.0 Å². The van der Waals surface area contributed by atoms with E-state index in [-0.39, 0.29) is 18.0 Å². The second-order valence-electron chi connectivity index (χ2n) is 6.78. The fourth-order valence-corrected chi connectivity index (χ4v) is 3.14. The molecule has 0 unspecified atom stereocenters. The number of imide groups is 1. The summed E-state index contributed by atoms with van der Waals surface area (Å²) < 4.78 is 11.9. The molecule has 0 radical (unpaired) electrons. The number of benzene rings is 1. The Labute approximate surface area is 172 Å². The van der Waals surface area contributed by atoms with Crippen molar-refractivity contribution in [2.75, 3.05) is 7.11 Å². The summed E-state index contributed by atoms with van der Waals surface area (Å²) in [6.07, 6.45) is 3.51. The van der Waals surface area contributed by atoms with Crippen molar-refractivity contribution in [2.24, 2.45) is 0 Å². The van der Waals surface area contributed by atoms with Crippen LogP contribution in [0.5, 0.6) is 0 Å². The molecule has 4 rings (SSSR count). The molecule has 0 saturated carbocycles. The number of aromatic nitrogens is 1. The van der Waals surface area contributed by atoms with Crippen molar-refractivity contribution in [2.45, 2.75) is 13.5 Å². The van der Waals surface area contributed by atoms with Crippen LogP contribution in [0.2, 0.25) is 0 Å². The topological polar surface area (TPSA) is 93.8 Å². The first-order chi connectivity index (χ1) is 14.5. The molecule has 8 nitrogen and oxygen atoms in total. The Kier molecular flexibility index (Phi) is 4.97. The molecule has 0 spiro atoms. The smallest absolute Gasteiger partial charge is 0.373 e. The predicted octanol–water partition coefficient (Wildman–Crippen LogP) is 3.26. The summed E-state index contributed by atoms with van der Waals surface area (Å²) in [5.74, 6) is -0.807. The van der Waals surface area contributed by atoms with Crippen LogP contribution in [0.25, 0.3) is 11.8 Å². The number of methoxy groups -OCH3 is 1. The van der Waals surface area contributed by atoms with E-state index in [1.807, 2.05) is 54.1 Å². The lowest BCUT2D eigenvalue weighted by Gasteiger charge is -2.09. The number of amides is 3. The molecule has 1 saturated heterocycles. The van der Waals surface area contributed by atoms with Crippen LogP contribution < -0.4 is 5.32 Å². The number of aryl methyl sites for hydroxylation is 1. The van der Waals surface area contributed by atoms with Gasteiger partial charge in [0.05, 0.1) is 13.7 Å². The first-order valence-corrected chi connectivity index (χ1v) is 9.22. The fourth-order valence-electron chi connectivity index (χ4n) is 3.14. The third-order valence-electron chi connectivity index (χ3n) is 4.71. The van der Waals surface area contributed by atoms with E-state index in [0.717, 1.165) is 21.8 Å². The number of ether oxygens (including phenoxy) is 1. The van der Waals surface area contributed by atoms with Crippen LogP contribution in [0.15, 0.2) is 64.8 Å². The number of urea groups is 1. The number of nitrogens with zero attached hydrogens (tertiary/aromatic N) is 2. The molecule has 2 aromatic heterocycles. The Balaban J connectivity index is 1.55. The third kappa shape index (κ3) is 3.62. The van der Waals surface area contributed by atoms with E-state index in [1.165, 1.54) is 19.2 Å². The number of carbonyl (C=O) groups excluding carboxylic acids is 3. The summed E-state index contributed by atoms with van der Waals surface area (Å²) >= 11 is 0. The summed E-state index contributed by atoms with van der Waals surface area (Å²) in [7, 11) is 1.24. The van der Waals surface area contributed by atoms with Gasteiger partial charge in [0.15, 0.2) is 0 Å². The Morgan fingerprint density at radius 3 is 2.63 bits per heavy atom. The Morgan fingerprint density at radius 1 is 1.13 bits per heavy atom. The molecular weight excluding hydrogens is 386 g/mol. The minimum absolute atomic E-state index is 0.00578. The van der Waals surface area contributed by atoms with Crippen LogP contribution in [0.3, 0.4) is 0 Å².